The highest BCUT2D eigenvalue weighted by Gasteiger charge is 2.26. The Kier molecular flexibility index (Phi) is 7.91. The van der Waals surface area contributed by atoms with Crippen LogP contribution in [0.25, 0.3) is 11.4 Å². The molecule has 37 heavy (non-hydrogen) atoms. The number of likely N-dealkylation sites (tertiary alicyclic amines) is 1. The lowest BCUT2D eigenvalue weighted by Crippen LogP contribution is -2.37. The molecular weight excluding hydrogens is 464 g/mol. The van der Waals surface area contributed by atoms with Gasteiger partial charge in [0.2, 0.25) is 17.6 Å². The maximum Gasteiger partial charge on any atom is 0.241 e. The van der Waals surface area contributed by atoms with E-state index in [4.69, 9.17) is 9.26 Å². The van der Waals surface area contributed by atoms with E-state index in [0.717, 1.165) is 49.4 Å². The van der Waals surface area contributed by atoms with Crippen LogP contribution in [-0.4, -0.2) is 40.6 Å². The van der Waals surface area contributed by atoms with Gasteiger partial charge in [0, 0.05) is 29.7 Å². The second kappa shape index (κ2) is 11.8. The summed E-state index contributed by atoms with van der Waals surface area (Å²) >= 11 is 0. The lowest BCUT2D eigenvalue weighted by molar-refractivity contribution is -0.121. The van der Waals surface area contributed by atoms with E-state index in [-0.39, 0.29) is 11.8 Å². The first-order chi connectivity index (χ1) is 18.1. The molecular formula is C30H32N4O3. The second-order valence-corrected chi connectivity index (χ2v) is 9.53. The number of nitrogens with one attached hydrogen (secondary N) is 1. The van der Waals surface area contributed by atoms with Crippen LogP contribution in [0.3, 0.4) is 0 Å². The maximum absolute atomic E-state index is 12.9. The van der Waals surface area contributed by atoms with Crippen LogP contribution in [-0.2, 0) is 17.8 Å². The zero-order valence-electron chi connectivity index (χ0n) is 21.1. The zero-order valence-corrected chi connectivity index (χ0v) is 21.1. The minimum Gasteiger partial charge on any atom is -0.493 e. The first-order valence-corrected chi connectivity index (χ1v) is 12.8. The number of aryl methyl sites for hydroxylation is 1. The minimum absolute atomic E-state index is 0.0234. The van der Waals surface area contributed by atoms with Crippen molar-refractivity contribution in [1.29, 1.82) is 0 Å². The first kappa shape index (κ1) is 24.7. The number of rotatable bonds is 9. The minimum atomic E-state index is -0.0234. The number of hydrogen-bond acceptors (Lipinski definition) is 6. The highest BCUT2D eigenvalue weighted by Crippen LogP contribution is 2.24. The molecule has 1 amide bonds. The van der Waals surface area contributed by atoms with E-state index >= 15 is 0 Å². The standard InChI is InChI=1S/C30H32N4O3/c1-22-10-12-24(13-11-22)29-32-28(37-33-29)21-34-17-14-25(15-18-34)30(35)31-26-8-5-9-27(20-26)36-19-16-23-6-3-2-4-7-23/h2-13,20,25H,14-19,21H2,1H3,(H,31,35). The number of hydrogen-bond donors (Lipinski definition) is 1. The molecule has 5 rings (SSSR count). The van der Waals surface area contributed by atoms with Crippen molar-refractivity contribution in [1.82, 2.24) is 15.0 Å². The highest BCUT2D eigenvalue weighted by atomic mass is 16.5. The lowest BCUT2D eigenvalue weighted by Gasteiger charge is -2.30. The fourth-order valence-corrected chi connectivity index (χ4v) is 4.52. The van der Waals surface area contributed by atoms with Gasteiger partial charge in [-0.3, -0.25) is 9.69 Å². The third-order valence-electron chi connectivity index (χ3n) is 6.70. The number of carbonyl (C=O) groups is 1. The van der Waals surface area contributed by atoms with Crippen molar-refractivity contribution in [3.05, 3.63) is 95.9 Å². The molecule has 0 saturated carbocycles. The van der Waals surface area contributed by atoms with Gasteiger partial charge < -0.3 is 14.6 Å². The Morgan fingerprint density at radius 3 is 2.59 bits per heavy atom. The summed E-state index contributed by atoms with van der Waals surface area (Å²) in [6.07, 6.45) is 2.42. The Hall–Kier alpha value is -3.97. The van der Waals surface area contributed by atoms with Crippen LogP contribution < -0.4 is 10.1 Å². The van der Waals surface area contributed by atoms with Gasteiger partial charge >= 0.3 is 0 Å². The van der Waals surface area contributed by atoms with Crippen molar-refractivity contribution in [2.24, 2.45) is 5.92 Å². The van der Waals surface area contributed by atoms with Gasteiger partial charge in [0.15, 0.2) is 0 Å². The first-order valence-electron chi connectivity index (χ1n) is 12.8. The summed E-state index contributed by atoms with van der Waals surface area (Å²) in [7, 11) is 0. The highest BCUT2D eigenvalue weighted by molar-refractivity contribution is 5.92. The van der Waals surface area contributed by atoms with Crippen molar-refractivity contribution in [2.75, 3.05) is 25.0 Å². The molecule has 1 saturated heterocycles. The molecule has 2 heterocycles. The van der Waals surface area contributed by atoms with E-state index in [1.165, 1.54) is 11.1 Å². The number of ether oxygens (including phenoxy) is 1. The molecule has 1 N–H and O–H groups in total. The van der Waals surface area contributed by atoms with Crippen LogP contribution in [0.1, 0.15) is 29.9 Å². The van der Waals surface area contributed by atoms with Crippen molar-refractivity contribution >= 4 is 11.6 Å². The second-order valence-electron chi connectivity index (χ2n) is 9.53. The molecule has 1 aliphatic heterocycles. The van der Waals surface area contributed by atoms with Crippen molar-refractivity contribution in [3.8, 4) is 17.1 Å². The number of piperidine rings is 1. The maximum atomic E-state index is 12.9. The Bertz CT molecular complexity index is 1300. The lowest BCUT2D eigenvalue weighted by atomic mass is 9.96. The summed E-state index contributed by atoms with van der Waals surface area (Å²) < 4.78 is 11.4. The topological polar surface area (TPSA) is 80.5 Å². The van der Waals surface area contributed by atoms with Crippen LogP contribution in [0.4, 0.5) is 5.69 Å². The number of amides is 1. The predicted octanol–water partition coefficient (Wildman–Crippen LogP) is 5.52. The molecule has 0 aliphatic carbocycles. The zero-order chi connectivity index (χ0) is 25.5. The molecule has 0 unspecified atom stereocenters. The molecule has 190 valence electrons. The van der Waals surface area contributed by atoms with Gasteiger partial charge in [0.25, 0.3) is 0 Å². The van der Waals surface area contributed by atoms with Crippen molar-refractivity contribution in [3.63, 3.8) is 0 Å². The molecule has 7 nitrogen and oxygen atoms in total. The SMILES string of the molecule is Cc1ccc(-c2noc(CN3CCC(C(=O)Nc4cccc(OCCc5ccccc5)c4)CC3)n2)cc1. The van der Waals surface area contributed by atoms with E-state index in [2.05, 4.69) is 39.4 Å². The monoisotopic (exact) mass is 496 g/mol. The van der Waals surface area contributed by atoms with Crippen LogP contribution in [0.5, 0.6) is 5.75 Å². The van der Waals surface area contributed by atoms with E-state index in [9.17, 15) is 4.79 Å². The number of nitrogens with zero attached hydrogens (tertiary/aromatic N) is 3. The van der Waals surface area contributed by atoms with Gasteiger partial charge in [0.1, 0.15) is 5.75 Å². The number of aromatic nitrogens is 2. The summed E-state index contributed by atoms with van der Waals surface area (Å²) in [5.74, 6) is 2.00. The van der Waals surface area contributed by atoms with Gasteiger partial charge in [0.05, 0.1) is 13.2 Å². The van der Waals surface area contributed by atoms with E-state index in [0.29, 0.717) is 24.9 Å². The molecule has 0 atom stereocenters. The van der Waals surface area contributed by atoms with Crippen LogP contribution in [0.2, 0.25) is 0 Å². The van der Waals surface area contributed by atoms with E-state index in [1.54, 1.807) is 0 Å². The van der Waals surface area contributed by atoms with Crippen LogP contribution in [0, 0.1) is 12.8 Å². The van der Waals surface area contributed by atoms with Gasteiger partial charge in [-0.05, 0) is 50.6 Å². The molecule has 7 heteroatoms. The molecule has 4 aromatic rings. The summed E-state index contributed by atoms with van der Waals surface area (Å²) in [4.78, 5) is 19.7. The summed E-state index contributed by atoms with van der Waals surface area (Å²) in [6.45, 7) is 4.85. The smallest absolute Gasteiger partial charge is 0.241 e. The summed E-state index contributed by atoms with van der Waals surface area (Å²) in [6, 6.07) is 26.0. The Labute approximate surface area is 217 Å². The van der Waals surface area contributed by atoms with Gasteiger partial charge in [-0.15, -0.1) is 0 Å². The van der Waals surface area contributed by atoms with Crippen molar-refractivity contribution < 1.29 is 14.1 Å². The van der Waals surface area contributed by atoms with E-state index < -0.39 is 0 Å². The Morgan fingerprint density at radius 2 is 1.81 bits per heavy atom. The van der Waals surface area contributed by atoms with Crippen LogP contribution in [0.15, 0.2) is 83.4 Å². The molecule has 0 spiro atoms. The molecule has 0 radical (unpaired) electrons. The normalized spacial score (nSPS) is 14.4. The third kappa shape index (κ3) is 6.83. The van der Waals surface area contributed by atoms with Gasteiger partial charge in [-0.25, -0.2) is 0 Å². The van der Waals surface area contributed by atoms with Crippen molar-refractivity contribution in [2.45, 2.75) is 32.7 Å². The molecule has 0 bridgehead atoms. The molecule has 1 aliphatic rings. The number of carbonyl (C=O) groups excluding carboxylic acids is 1. The Morgan fingerprint density at radius 1 is 1.03 bits per heavy atom. The average Bonchev–Trinajstić information content (AvgIpc) is 3.39. The fraction of sp³-hybridized carbons (Fsp3) is 0.300. The fourth-order valence-electron chi connectivity index (χ4n) is 4.52. The predicted molar refractivity (Wildman–Crippen MR) is 143 cm³/mol. The summed E-state index contributed by atoms with van der Waals surface area (Å²) in [5.41, 5.74) is 4.14. The summed E-state index contributed by atoms with van der Waals surface area (Å²) in [5, 5.41) is 7.20. The number of anilines is 1. The number of benzene rings is 3. The average molecular weight is 497 g/mol. The largest absolute Gasteiger partial charge is 0.493 e. The third-order valence-corrected chi connectivity index (χ3v) is 6.70. The molecule has 1 fully saturated rings. The molecule has 3 aromatic carbocycles. The van der Waals surface area contributed by atoms with Gasteiger partial charge in [-0.2, -0.15) is 4.98 Å². The van der Waals surface area contributed by atoms with Gasteiger partial charge in [-0.1, -0.05) is 71.4 Å². The van der Waals surface area contributed by atoms with Crippen LogP contribution >= 0.6 is 0 Å². The molecule has 1 aromatic heterocycles. The quantitative estimate of drug-likeness (QED) is 0.329. The van der Waals surface area contributed by atoms with E-state index in [1.807, 2.05) is 66.7 Å². The Balaban J connectivity index is 1.07.